The van der Waals surface area contributed by atoms with E-state index in [2.05, 4.69) is 0 Å². The molecule has 0 radical (unpaired) electrons. The van der Waals surface area contributed by atoms with Gasteiger partial charge < -0.3 is 0 Å². The standard InChI is InChI=1S/C20H9N5O10/c26-21(27)11-3-1-10(2-4-11)5-14-15-6-12(22(28)29)8-17(24(32)33)19(15)20-16(14)7-13(23(30)31)9-18(20)25(34)35/h1-9H. The quantitative estimate of drug-likeness (QED) is 0.272. The van der Waals surface area contributed by atoms with Gasteiger partial charge in [0.2, 0.25) is 0 Å². The van der Waals surface area contributed by atoms with Crippen molar-refractivity contribution in [2.24, 2.45) is 0 Å². The second-order valence-corrected chi connectivity index (χ2v) is 7.21. The van der Waals surface area contributed by atoms with Crippen molar-refractivity contribution in [1.29, 1.82) is 0 Å². The van der Waals surface area contributed by atoms with Crippen LogP contribution in [0.25, 0.3) is 22.8 Å². The maximum absolute atomic E-state index is 11.8. The minimum atomic E-state index is -0.935. The second kappa shape index (κ2) is 8.07. The van der Waals surface area contributed by atoms with E-state index in [-0.39, 0.29) is 33.5 Å². The minimum Gasteiger partial charge on any atom is -0.258 e. The van der Waals surface area contributed by atoms with E-state index in [9.17, 15) is 50.6 Å². The summed E-state index contributed by atoms with van der Waals surface area (Å²) in [6.07, 6.45) is 1.33. The maximum Gasteiger partial charge on any atom is 0.284 e. The lowest BCUT2D eigenvalue weighted by atomic mass is 10.00. The summed E-state index contributed by atoms with van der Waals surface area (Å²) in [4.78, 5) is 53.1. The molecular weight excluding hydrogens is 470 g/mol. The summed E-state index contributed by atoms with van der Waals surface area (Å²) in [7, 11) is 0. The van der Waals surface area contributed by atoms with Crippen molar-refractivity contribution >= 4 is 40.1 Å². The molecule has 0 saturated carbocycles. The Labute approximate surface area is 192 Å². The van der Waals surface area contributed by atoms with Crippen molar-refractivity contribution in [3.8, 4) is 11.1 Å². The molecule has 3 aromatic carbocycles. The van der Waals surface area contributed by atoms with E-state index >= 15 is 0 Å². The lowest BCUT2D eigenvalue weighted by Gasteiger charge is -2.04. The molecule has 0 unspecified atom stereocenters. The van der Waals surface area contributed by atoms with Gasteiger partial charge in [0, 0.05) is 35.4 Å². The first-order chi connectivity index (χ1) is 16.5. The van der Waals surface area contributed by atoms with Gasteiger partial charge in [-0.1, -0.05) is 0 Å². The van der Waals surface area contributed by atoms with Gasteiger partial charge in [-0.25, -0.2) is 0 Å². The highest BCUT2D eigenvalue weighted by molar-refractivity contribution is 6.12. The second-order valence-electron chi connectivity index (χ2n) is 7.21. The van der Waals surface area contributed by atoms with Crippen molar-refractivity contribution in [3.05, 3.63) is 116 Å². The third-order valence-corrected chi connectivity index (χ3v) is 5.26. The van der Waals surface area contributed by atoms with Crippen LogP contribution in [-0.4, -0.2) is 24.6 Å². The predicted octanol–water partition coefficient (Wildman–Crippen LogP) is 4.80. The molecule has 35 heavy (non-hydrogen) atoms. The van der Waals surface area contributed by atoms with E-state index in [1.54, 1.807) is 0 Å². The normalized spacial score (nSPS) is 11.4. The van der Waals surface area contributed by atoms with Crippen molar-refractivity contribution in [2.45, 2.75) is 0 Å². The average Bonchev–Trinajstić information content (AvgIpc) is 3.11. The molecule has 3 aromatic rings. The molecule has 0 N–H and O–H groups in total. The molecule has 15 nitrogen and oxygen atoms in total. The molecule has 0 atom stereocenters. The lowest BCUT2D eigenvalue weighted by molar-refractivity contribution is -0.395. The Morgan fingerprint density at radius 1 is 0.514 bits per heavy atom. The number of fused-ring (bicyclic) bond motifs is 3. The zero-order valence-electron chi connectivity index (χ0n) is 17.0. The number of rotatable bonds is 6. The SMILES string of the molecule is O=[N+]([O-])c1ccc(C=C2c3cc([N+](=O)[O-])cc([N+](=O)[O-])c3-c3c2cc([N+](=O)[O-])cc3[N+](=O)[O-])cc1. The fourth-order valence-electron chi connectivity index (χ4n) is 3.83. The summed E-state index contributed by atoms with van der Waals surface area (Å²) in [5.74, 6) is 0. The Balaban J connectivity index is 2.14. The Bertz CT molecular complexity index is 1440. The van der Waals surface area contributed by atoms with Gasteiger partial charge in [-0.15, -0.1) is 0 Å². The number of hydrogen-bond acceptors (Lipinski definition) is 10. The summed E-state index contributed by atoms with van der Waals surface area (Å²) in [6.45, 7) is 0. The van der Waals surface area contributed by atoms with Gasteiger partial charge >= 0.3 is 0 Å². The smallest absolute Gasteiger partial charge is 0.258 e. The Morgan fingerprint density at radius 3 is 1.26 bits per heavy atom. The fraction of sp³-hybridized carbons (Fsp3) is 0. The molecule has 0 fully saturated rings. The van der Waals surface area contributed by atoms with E-state index in [0.717, 1.165) is 24.3 Å². The van der Waals surface area contributed by atoms with Crippen LogP contribution in [0.2, 0.25) is 0 Å². The maximum atomic E-state index is 11.8. The Morgan fingerprint density at radius 2 is 0.914 bits per heavy atom. The van der Waals surface area contributed by atoms with Crippen molar-refractivity contribution < 1.29 is 24.6 Å². The number of nitro groups is 5. The predicted molar refractivity (Wildman–Crippen MR) is 119 cm³/mol. The van der Waals surface area contributed by atoms with E-state index in [1.807, 2.05) is 0 Å². The Kier molecular flexibility index (Phi) is 5.21. The molecule has 1 aliphatic rings. The summed E-state index contributed by atoms with van der Waals surface area (Å²) in [5.41, 5.74) is -3.71. The third kappa shape index (κ3) is 3.78. The third-order valence-electron chi connectivity index (χ3n) is 5.26. The molecule has 0 saturated heterocycles. The van der Waals surface area contributed by atoms with Crippen LogP contribution in [0.1, 0.15) is 16.7 Å². The van der Waals surface area contributed by atoms with Crippen LogP contribution in [0.5, 0.6) is 0 Å². The molecule has 0 amide bonds. The van der Waals surface area contributed by atoms with E-state index < -0.39 is 47.4 Å². The van der Waals surface area contributed by atoms with Crippen LogP contribution in [0, 0.1) is 50.6 Å². The Hall–Kier alpha value is -5.60. The number of hydrogen-bond donors (Lipinski definition) is 0. The van der Waals surface area contributed by atoms with Gasteiger partial charge in [0.05, 0.1) is 47.9 Å². The average molecular weight is 479 g/mol. The van der Waals surface area contributed by atoms with Gasteiger partial charge in [0.25, 0.3) is 28.4 Å². The highest BCUT2D eigenvalue weighted by Crippen LogP contribution is 2.54. The molecule has 0 bridgehead atoms. The van der Waals surface area contributed by atoms with Gasteiger partial charge in [-0.05, 0) is 29.3 Å². The van der Waals surface area contributed by atoms with E-state index in [0.29, 0.717) is 17.7 Å². The first-order valence-electron chi connectivity index (χ1n) is 9.40. The highest BCUT2D eigenvalue weighted by Gasteiger charge is 2.40. The van der Waals surface area contributed by atoms with Crippen molar-refractivity contribution in [2.75, 3.05) is 0 Å². The van der Waals surface area contributed by atoms with Crippen LogP contribution >= 0.6 is 0 Å². The molecule has 4 rings (SSSR count). The number of benzene rings is 3. The van der Waals surface area contributed by atoms with Crippen LogP contribution in [0.15, 0.2) is 48.5 Å². The van der Waals surface area contributed by atoms with Crippen LogP contribution < -0.4 is 0 Å². The topological polar surface area (TPSA) is 216 Å². The first kappa shape index (κ1) is 22.6. The molecule has 0 aliphatic heterocycles. The van der Waals surface area contributed by atoms with Gasteiger partial charge in [0.15, 0.2) is 0 Å². The van der Waals surface area contributed by atoms with E-state index in [1.165, 1.54) is 18.2 Å². The van der Waals surface area contributed by atoms with Gasteiger partial charge in [-0.2, -0.15) is 0 Å². The highest BCUT2D eigenvalue weighted by atomic mass is 16.6. The molecular formula is C20H9N5O10. The van der Waals surface area contributed by atoms with Crippen molar-refractivity contribution in [3.63, 3.8) is 0 Å². The number of nitrogens with zero attached hydrogens (tertiary/aromatic N) is 5. The van der Waals surface area contributed by atoms with E-state index in [4.69, 9.17) is 0 Å². The number of nitro benzene ring substituents is 5. The van der Waals surface area contributed by atoms with Crippen LogP contribution in [-0.2, 0) is 0 Å². The molecule has 15 heteroatoms. The molecule has 174 valence electrons. The first-order valence-corrected chi connectivity index (χ1v) is 9.40. The van der Waals surface area contributed by atoms with Crippen molar-refractivity contribution in [1.82, 2.24) is 0 Å². The summed E-state index contributed by atoms with van der Waals surface area (Å²) in [5, 5.41) is 57.4. The lowest BCUT2D eigenvalue weighted by Crippen LogP contribution is -1.99. The van der Waals surface area contributed by atoms with Crippen LogP contribution in [0.4, 0.5) is 28.4 Å². The molecule has 0 heterocycles. The fourth-order valence-corrected chi connectivity index (χ4v) is 3.83. The largest absolute Gasteiger partial charge is 0.284 e. The molecule has 0 aromatic heterocycles. The monoisotopic (exact) mass is 479 g/mol. The molecule has 1 aliphatic carbocycles. The zero-order chi connectivity index (χ0) is 25.6. The van der Waals surface area contributed by atoms with Crippen LogP contribution in [0.3, 0.4) is 0 Å². The number of non-ortho nitro benzene ring substituents is 3. The molecule has 0 spiro atoms. The summed E-state index contributed by atoms with van der Waals surface area (Å²) >= 11 is 0. The summed E-state index contributed by atoms with van der Waals surface area (Å²) < 4.78 is 0. The zero-order valence-corrected chi connectivity index (χ0v) is 17.0. The van der Waals surface area contributed by atoms with Gasteiger partial charge in [-0.3, -0.25) is 50.6 Å². The van der Waals surface area contributed by atoms with Gasteiger partial charge in [0.1, 0.15) is 0 Å². The summed E-state index contributed by atoms with van der Waals surface area (Å²) in [6, 6.07) is 8.24. The minimum absolute atomic E-state index is 0.00227.